The Morgan fingerprint density at radius 3 is 2.33 bits per heavy atom. The molecular weight excluding hydrogens is 114 g/mol. The average Bonchev–Trinajstić information content (AvgIpc) is 1.82. The highest BCUT2D eigenvalue weighted by atomic mass is 16.5. The Morgan fingerprint density at radius 1 is 1.67 bits per heavy atom. The first-order valence-corrected chi connectivity index (χ1v) is 2.97. The van der Waals surface area contributed by atoms with Crippen molar-refractivity contribution < 1.29 is 4.74 Å². The van der Waals surface area contributed by atoms with Crippen molar-refractivity contribution in [1.29, 1.82) is 0 Å². The van der Waals surface area contributed by atoms with Crippen molar-refractivity contribution in [1.82, 2.24) is 0 Å². The molecule has 9 heavy (non-hydrogen) atoms. The Kier molecular flexibility index (Phi) is 3.76. The van der Waals surface area contributed by atoms with E-state index in [0.29, 0.717) is 0 Å². The van der Waals surface area contributed by atoms with E-state index in [0.717, 1.165) is 18.0 Å². The molecule has 0 rings (SSSR count). The van der Waals surface area contributed by atoms with E-state index in [2.05, 4.69) is 11.6 Å². The summed E-state index contributed by atoms with van der Waals surface area (Å²) in [6.45, 7) is 7.46. The third-order valence-electron chi connectivity index (χ3n) is 0.854. The van der Waals surface area contributed by atoms with Gasteiger partial charge in [0.15, 0.2) is 5.90 Å². The number of aliphatic imine (C=N–C) groups is 1. The van der Waals surface area contributed by atoms with E-state index in [9.17, 15) is 0 Å². The number of hydrogen-bond donors (Lipinski definition) is 0. The number of rotatable bonds is 2. The van der Waals surface area contributed by atoms with Gasteiger partial charge in [0, 0.05) is 12.1 Å². The highest BCUT2D eigenvalue weighted by Gasteiger charge is 1.90. The SMILES string of the molecule is C=C(C)N=C(CC)OC. The highest BCUT2D eigenvalue weighted by molar-refractivity contribution is 5.76. The van der Waals surface area contributed by atoms with E-state index in [1.807, 2.05) is 13.8 Å². The summed E-state index contributed by atoms with van der Waals surface area (Å²) in [6, 6.07) is 0. The molecule has 0 aliphatic carbocycles. The molecule has 0 aromatic heterocycles. The fourth-order valence-corrected chi connectivity index (χ4v) is 0.482. The zero-order valence-corrected chi connectivity index (χ0v) is 6.27. The summed E-state index contributed by atoms with van der Waals surface area (Å²) in [6.07, 6.45) is 0.823. The zero-order valence-electron chi connectivity index (χ0n) is 6.27. The number of nitrogens with zero attached hydrogens (tertiary/aromatic N) is 1. The first-order chi connectivity index (χ1) is 4.20. The van der Waals surface area contributed by atoms with Gasteiger partial charge in [0.05, 0.1) is 7.11 Å². The van der Waals surface area contributed by atoms with Gasteiger partial charge in [0.25, 0.3) is 0 Å². The Bertz CT molecular complexity index is 121. The first-order valence-electron chi connectivity index (χ1n) is 2.97. The van der Waals surface area contributed by atoms with Gasteiger partial charge < -0.3 is 4.74 Å². The third kappa shape index (κ3) is 3.76. The molecule has 0 unspecified atom stereocenters. The molecule has 2 nitrogen and oxygen atoms in total. The second-order valence-electron chi connectivity index (χ2n) is 1.80. The van der Waals surface area contributed by atoms with Crippen LogP contribution in [0.3, 0.4) is 0 Å². The van der Waals surface area contributed by atoms with Crippen molar-refractivity contribution in [3.63, 3.8) is 0 Å². The van der Waals surface area contributed by atoms with Gasteiger partial charge in [-0.2, -0.15) is 0 Å². The fourth-order valence-electron chi connectivity index (χ4n) is 0.482. The van der Waals surface area contributed by atoms with E-state index in [1.165, 1.54) is 0 Å². The van der Waals surface area contributed by atoms with E-state index in [1.54, 1.807) is 7.11 Å². The van der Waals surface area contributed by atoms with Crippen LogP contribution in [0, 0.1) is 0 Å². The molecule has 52 valence electrons. The Morgan fingerprint density at radius 2 is 2.22 bits per heavy atom. The quantitative estimate of drug-likeness (QED) is 0.410. The minimum absolute atomic E-state index is 0.738. The smallest absolute Gasteiger partial charge is 0.187 e. The number of methoxy groups -OCH3 is 1. The van der Waals surface area contributed by atoms with Gasteiger partial charge in [-0.25, -0.2) is 4.99 Å². The number of ether oxygens (including phenoxy) is 1. The van der Waals surface area contributed by atoms with Gasteiger partial charge in [-0.05, 0) is 6.92 Å². The minimum atomic E-state index is 0.738. The molecule has 0 bridgehead atoms. The summed E-state index contributed by atoms with van der Waals surface area (Å²) in [4.78, 5) is 4.01. The average molecular weight is 127 g/mol. The van der Waals surface area contributed by atoms with Gasteiger partial charge in [0.1, 0.15) is 0 Å². The van der Waals surface area contributed by atoms with Crippen molar-refractivity contribution in [2.24, 2.45) is 4.99 Å². The molecular formula is C7H13NO. The molecule has 0 heterocycles. The molecule has 0 aromatic rings. The van der Waals surface area contributed by atoms with Crippen molar-refractivity contribution in [2.45, 2.75) is 20.3 Å². The molecule has 0 fully saturated rings. The predicted octanol–water partition coefficient (Wildman–Crippen LogP) is 1.97. The van der Waals surface area contributed by atoms with Crippen LogP contribution in [0.4, 0.5) is 0 Å². The molecule has 0 aromatic carbocycles. The van der Waals surface area contributed by atoms with Crippen LogP contribution in [0.2, 0.25) is 0 Å². The summed E-state index contributed by atoms with van der Waals surface area (Å²) >= 11 is 0. The maximum atomic E-state index is 4.90. The molecule has 0 spiro atoms. The van der Waals surface area contributed by atoms with Crippen LogP contribution >= 0.6 is 0 Å². The number of allylic oxidation sites excluding steroid dienone is 1. The molecule has 0 saturated heterocycles. The Hall–Kier alpha value is -0.790. The third-order valence-corrected chi connectivity index (χ3v) is 0.854. The largest absolute Gasteiger partial charge is 0.484 e. The van der Waals surface area contributed by atoms with E-state index >= 15 is 0 Å². The summed E-state index contributed by atoms with van der Waals surface area (Å²) in [5, 5.41) is 0. The maximum absolute atomic E-state index is 4.90. The number of hydrogen-bond acceptors (Lipinski definition) is 2. The molecule has 0 aliphatic rings. The molecule has 0 radical (unpaired) electrons. The van der Waals surface area contributed by atoms with E-state index in [-0.39, 0.29) is 0 Å². The Labute approximate surface area is 56.2 Å². The van der Waals surface area contributed by atoms with Crippen LogP contribution in [0.25, 0.3) is 0 Å². The molecule has 0 aliphatic heterocycles. The van der Waals surface area contributed by atoms with Crippen LogP contribution in [0.5, 0.6) is 0 Å². The second kappa shape index (κ2) is 4.13. The fraction of sp³-hybridized carbons (Fsp3) is 0.571. The summed E-state index contributed by atoms with van der Waals surface area (Å²) in [5.74, 6) is 0.738. The van der Waals surface area contributed by atoms with Crippen LogP contribution in [0.15, 0.2) is 17.3 Å². The first kappa shape index (κ1) is 8.21. The lowest BCUT2D eigenvalue weighted by molar-refractivity contribution is 0.392. The Balaban J connectivity index is 3.91. The van der Waals surface area contributed by atoms with Crippen molar-refractivity contribution >= 4 is 5.90 Å². The van der Waals surface area contributed by atoms with Crippen LogP contribution in [-0.4, -0.2) is 13.0 Å². The second-order valence-corrected chi connectivity index (χ2v) is 1.80. The lowest BCUT2D eigenvalue weighted by Gasteiger charge is -1.99. The van der Waals surface area contributed by atoms with Gasteiger partial charge >= 0.3 is 0 Å². The lowest BCUT2D eigenvalue weighted by Crippen LogP contribution is -1.97. The lowest BCUT2D eigenvalue weighted by atomic mass is 10.5. The van der Waals surface area contributed by atoms with Gasteiger partial charge in [-0.15, -0.1) is 0 Å². The normalized spacial score (nSPS) is 11.2. The van der Waals surface area contributed by atoms with Crippen molar-refractivity contribution in [2.75, 3.05) is 7.11 Å². The molecule has 0 saturated carbocycles. The summed E-state index contributed by atoms with van der Waals surface area (Å²) < 4.78 is 4.90. The maximum Gasteiger partial charge on any atom is 0.187 e. The monoisotopic (exact) mass is 127 g/mol. The minimum Gasteiger partial charge on any atom is -0.484 e. The van der Waals surface area contributed by atoms with Gasteiger partial charge in [-0.3, -0.25) is 0 Å². The predicted molar refractivity (Wildman–Crippen MR) is 39.5 cm³/mol. The standard InChI is InChI=1S/C7H13NO/c1-5-7(9-4)8-6(2)3/h2,5H2,1,3-4H3. The van der Waals surface area contributed by atoms with Gasteiger partial charge in [0.2, 0.25) is 0 Å². The molecule has 2 heteroatoms. The van der Waals surface area contributed by atoms with E-state index < -0.39 is 0 Å². The van der Waals surface area contributed by atoms with E-state index in [4.69, 9.17) is 4.74 Å². The summed E-state index contributed by atoms with van der Waals surface area (Å²) in [5.41, 5.74) is 0.786. The molecule has 0 atom stereocenters. The zero-order chi connectivity index (χ0) is 7.28. The van der Waals surface area contributed by atoms with Gasteiger partial charge in [-0.1, -0.05) is 13.5 Å². The van der Waals surface area contributed by atoms with Crippen LogP contribution in [0.1, 0.15) is 20.3 Å². The van der Waals surface area contributed by atoms with Crippen LogP contribution in [-0.2, 0) is 4.74 Å². The highest BCUT2D eigenvalue weighted by Crippen LogP contribution is 1.94. The topological polar surface area (TPSA) is 21.6 Å². The van der Waals surface area contributed by atoms with Crippen molar-refractivity contribution in [3.05, 3.63) is 12.3 Å². The summed E-state index contributed by atoms with van der Waals surface area (Å²) in [7, 11) is 1.62. The van der Waals surface area contributed by atoms with Crippen molar-refractivity contribution in [3.8, 4) is 0 Å². The molecule has 0 amide bonds. The van der Waals surface area contributed by atoms with Crippen LogP contribution < -0.4 is 0 Å². The molecule has 0 N–H and O–H groups in total.